The van der Waals surface area contributed by atoms with Gasteiger partial charge in [-0.05, 0) is 12.1 Å². The second-order valence-corrected chi connectivity index (χ2v) is 2.35. The first-order valence-electron chi connectivity index (χ1n) is 3.78. The number of phenolic OH excluding ortho intramolecular Hbond substituents is 1. The lowest BCUT2D eigenvalue weighted by Crippen LogP contribution is -2.27. The zero-order chi connectivity index (χ0) is 9.68. The molecule has 0 spiro atoms. The third-order valence-corrected chi connectivity index (χ3v) is 1.47. The van der Waals surface area contributed by atoms with Gasteiger partial charge < -0.3 is 19.1 Å². The van der Waals surface area contributed by atoms with Crippen LogP contribution in [0.4, 0.5) is 0 Å². The minimum absolute atomic E-state index is 0.0570. The quantitative estimate of drug-likeness (QED) is 0.706. The third-order valence-electron chi connectivity index (χ3n) is 1.47. The Hall–Kier alpha value is -1.20. The fraction of sp³-hybridized carbons (Fsp3) is 0.250. The smallest absolute Gasteiger partial charge is 0.509 e. The molecule has 0 radical (unpaired) electrons. The van der Waals surface area contributed by atoms with Crippen LogP contribution in [0.2, 0.25) is 0 Å². The van der Waals surface area contributed by atoms with Crippen molar-refractivity contribution in [2.75, 3.05) is 14.2 Å². The van der Waals surface area contributed by atoms with Crippen LogP contribution in [-0.2, 0) is 9.31 Å². The molecule has 0 aliphatic heterocycles. The van der Waals surface area contributed by atoms with Gasteiger partial charge in [-0.3, -0.25) is 0 Å². The predicted molar refractivity (Wildman–Crippen MR) is 48.5 cm³/mol. The van der Waals surface area contributed by atoms with E-state index in [1.807, 2.05) is 0 Å². The van der Waals surface area contributed by atoms with Crippen LogP contribution in [0, 0.1) is 0 Å². The topological polar surface area (TPSA) is 47.9 Å². The monoisotopic (exact) mass is 182 g/mol. The summed E-state index contributed by atoms with van der Waals surface area (Å²) in [7, 11) is 2.11. The molecule has 1 aromatic carbocycles. The van der Waals surface area contributed by atoms with Crippen molar-refractivity contribution in [1.82, 2.24) is 0 Å². The number of rotatable bonds is 4. The van der Waals surface area contributed by atoms with E-state index in [4.69, 9.17) is 14.0 Å². The van der Waals surface area contributed by atoms with Crippen LogP contribution in [0.5, 0.6) is 11.5 Å². The summed E-state index contributed by atoms with van der Waals surface area (Å²) in [6, 6.07) is 6.60. The van der Waals surface area contributed by atoms with Gasteiger partial charge in [0.05, 0.1) is 0 Å². The highest BCUT2D eigenvalue weighted by atomic mass is 16.7. The van der Waals surface area contributed by atoms with Crippen LogP contribution in [-0.4, -0.2) is 26.6 Å². The first kappa shape index (κ1) is 9.89. The number of benzene rings is 1. The van der Waals surface area contributed by atoms with E-state index in [9.17, 15) is 5.11 Å². The van der Waals surface area contributed by atoms with Crippen LogP contribution in [0.3, 0.4) is 0 Å². The van der Waals surface area contributed by atoms with E-state index in [2.05, 4.69) is 0 Å². The predicted octanol–water partition coefficient (Wildman–Crippen LogP) is 1.05. The number of phenols is 1. The van der Waals surface area contributed by atoms with Gasteiger partial charge in [0.25, 0.3) is 0 Å². The highest BCUT2D eigenvalue weighted by molar-refractivity contribution is 6.37. The van der Waals surface area contributed by atoms with E-state index in [1.165, 1.54) is 20.3 Å². The molecule has 0 fully saturated rings. The molecule has 0 aliphatic rings. The Morgan fingerprint density at radius 2 is 1.77 bits per heavy atom. The molecule has 1 rings (SSSR count). The summed E-state index contributed by atoms with van der Waals surface area (Å²) in [6.07, 6.45) is 0. The van der Waals surface area contributed by atoms with Gasteiger partial charge in [0.15, 0.2) is 5.75 Å². The molecule has 0 heterocycles. The molecule has 13 heavy (non-hydrogen) atoms. The molecular weight excluding hydrogens is 171 g/mol. The maximum absolute atomic E-state index is 9.31. The maximum Gasteiger partial charge on any atom is 0.712 e. The SMILES string of the molecule is COB(OC)Oc1ccccc1O. The van der Waals surface area contributed by atoms with Gasteiger partial charge >= 0.3 is 7.32 Å². The molecule has 0 unspecified atom stereocenters. The second kappa shape index (κ2) is 4.74. The van der Waals surface area contributed by atoms with Crippen molar-refractivity contribution in [2.45, 2.75) is 0 Å². The molecule has 0 bridgehead atoms. The Labute approximate surface area is 77.2 Å². The van der Waals surface area contributed by atoms with Crippen LogP contribution in [0.25, 0.3) is 0 Å². The standard InChI is InChI=1S/C8H11BO4/c1-11-9(12-2)13-8-6-4-3-5-7(8)10/h3-6,10H,1-2H3. The van der Waals surface area contributed by atoms with E-state index < -0.39 is 7.32 Å². The molecule has 0 aromatic heterocycles. The van der Waals surface area contributed by atoms with Gasteiger partial charge in [-0.1, -0.05) is 12.1 Å². The molecule has 0 amide bonds. The van der Waals surface area contributed by atoms with Crippen LogP contribution in [0.1, 0.15) is 0 Å². The molecule has 70 valence electrons. The van der Waals surface area contributed by atoms with Crippen molar-refractivity contribution in [1.29, 1.82) is 0 Å². The van der Waals surface area contributed by atoms with Crippen molar-refractivity contribution in [3.63, 3.8) is 0 Å². The van der Waals surface area contributed by atoms with E-state index in [0.717, 1.165) is 0 Å². The molecule has 1 N–H and O–H groups in total. The average Bonchev–Trinajstić information content (AvgIpc) is 2.17. The average molecular weight is 182 g/mol. The lowest BCUT2D eigenvalue weighted by Gasteiger charge is -2.11. The number of para-hydroxylation sites is 2. The molecule has 0 saturated heterocycles. The highest BCUT2D eigenvalue weighted by Crippen LogP contribution is 2.24. The Balaban J connectivity index is 2.67. The lowest BCUT2D eigenvalue weighted by molar-refractivity contribution is 0.199. The van der Waals surface area contributed by atoms with E-state index in [-0.39, 0.29) is 5.75 Å². The van der Waals surface area contributed by atoms with Crippen molar-refractivity contribution >= 4 is 7.32 Å². The minimum Gasteiger partial charge on any atom is -0.509 e. The molecule has 0 atom stereocenters. The maximum atomic E-state index is 9.31. The number of aromatic hydroxyl groups is 1. The summed E-state index contributed by atoms with van der Waals surface area (Å²) in [4.78, 5) is 0. The Morgan fingerprint density at radius 1 is 1.15 bits per heavy atom. The highest BCUT2D eigenvalue weighted by Gasteiger charge is 2.20. The van der Waals surface area contributed by atoms with Gasteiger partial charge in [0, 0.05) is 14.2 Å². The summed E-state index contributed by atoms with van der Waals surface area (Å²) < 4.78 is 14.8. The normalized spacial score (nSPS) is 9.69. The fourth-order valence-electron chi connectivity index (χ4n) is 0.853. The second-order valence-electron chi connectivity index (χ2n) is 2.35. The molecule has 4 nitrogen and oxygen atoms in total. The zero-order valence-electron chi connectivity index (χ0n) is 7.56. The largest absolute Gasteiger partial charge is 0.712 e. The Bertz CT molecular complexity index is 262. The summed E-state index contributed by atoms with van der Waals surface area (Å²) in [5.41, 5.74) is 0. The van der Waals surface area contributed by atoms with Gasteiger partial charge in [0.1, 0.15) is 5.75 Å². The molecular formula is C8H11BO4. The molecule has 1 aromatic rings. The fourth-order valence-corrected chi connectivity index (χ4v) is 0.853. The number of hydrogen-bond donors (Lipinski definition) is 1. The molecule has 5 heteroatoms. The van der Waals surface area contributed by atoms with E-state index >= 15 is 0 Å². The van der Waals surface area contributed by atoms with Crippen LogP contribution < -0.4 is 4.65 Å². The van der Waals surface area contributed by atoms with Crippen molar-refractivity contribution in [3.05, 3.63) is 24.3 Å². The Kier molecular flexibility index (Phi) is 3.61. The zero-order valence-corrected chi connectivity index (χ0v) is 7.56. The van der Waals surface area contributed by atoms with Gasteiger partial charge in [-0.25, -0.2) is 0 Å². The van der Waals surface area contributed by atoms with Crippen molar-refractivity contribution < 1.29 is 19.1 Å². The van der Waals surface area contributed by atoms with Gasteiger partial charge in [-0.2, -0.15) is 0 Å². The van der Waals surface area contributed by atoms with Gasteiger partial charge in [0.2, 0.25) is 0 Å². The van der Waals surface area contributed by atoms with Crippen molar-refractivity contribution in [2.24, 2.45) is 0 Å². The van der Waals surface area contributed by atoms with E-state index in [1.54, 1.807) is 18.2 Å². The third kappa shape index (κ3) is 2.64. The lowest BCUT2D eigenvalue weighted by atomic mass is 10.2. The summed E-state index contributed by atoms with van der Waals surface area (Å²) >= 11 is 0. The van der Waals surface area contributed by atoms with Crippen LogP contribution >= 0.6 is 0 Å². The summed E-state index contributed by atoms with van der Waals surface area (Å²) in [6.45, 7) is 0. The summed E-state index contributed by atoms with van der Waals surface area (Å²) in [5.74, 6) is 0.387. The van der Waals surface area contributed by atoms with Crippen molar-refractivity contribution in [3.8, 4) is 11.5 Å². The Morgan fingerprint density at radius 3 is 2.31 bits per heavy atom. The molecule has 0 aliphatic carbocycles. The van der Waals surface area contributed by atoms with Crippen LogP contribution in [0.15, 0.2) is 24.3 Å². The number of hydrogen-bond acceptors (Lipinski definition) is 4. The van der Waals surface area contributed by atoms with Gasteiger partial charge in [-0.15, -0.1) is 0 Å². The molecule has 0 saturated carbocycles. The minimum atomic E-state index is -0.798. The summed E-state index contributed by atoms with van der Waals surface area (Å²) in [5, 5.41) is 9.31. The first-order valence-corrected chi connectivity index (χ1v) is 3.78. The first-order chi connectivity index (χ1) is 6.27. The van der Waals surface area contributed by atoms with E-state index in [0.29, 0.717) is 5.75 Å².